The number of rotatable bonds is 2. The van der Waals surface area contributed by atoms with Crippen LogP contribution in [-0.4, -0.2) is 12.1 Å². The van der Waals surface area contributed by atoms with Gasteiger partial charge in [0.2, 0.25) is 0 Å². The van der Waals surface area contributed by atoms with E-state index in [1.807, 2.05) is 20.8 Å². The smallest absolute Gasteiger partial charge is 0.107 e. The van der Waals surface area contributed by atoms with Crippen LogP contribution in [0.2, 0.25) is 0 Å². The van der Waals surface area contributed by atoms with Gasteiger partial charge in [-0.2, -0.15) is 0 Å². The highest BCUT2D eigenvalue weighted by molar-refractivity contribution is 6.01. The Balaban J connectivity index is 4.51. The van der Waals surface area contributed by atoms with Crippen LogP contribution in [0.15, 0.2) is 16.3 Å². The predicted molar refractivity (Wildman–Crippen MR) is 44.5 cm³/mol. The van der Waals surface area contributed by atoms with Crippen LogP contribution in [0.5, 0.6) is 0 Å². The molecule has 0 saturated heterocycles. The van der Waals surface area contributed by atoms with Crippen molar-refractivity contribution in [3.8, 4) is 0 Å². The van der Waals surface area contributed by atoms with Crippen molar-refractivity contribution in [1.29, 1.82) is 5.41 Å². The number of nitrogens with zero attached hydrogens (tertiary/aromatic N) is 1. The molecular formula is C7H13N3. The average molecular weight is 139 g/mol. The Morgan fingerprint density at radius 1 is 1.40 bits per heavy atom. The fraction of sp³-hybridized carbons (Fsp3) is 0.429. The van der Waals surface area contributed by atoms with Crippen molar-refractivity contribution in [3.05, 3.63) is 11.3 Å². The average Bonchev–Trinajstić information content (AvgIpc) is 1.87. The summed E-state index contributed by atoms with van der Waals surface area (Å²) >= 11 is 0. The first-order valence-electron chi connectivity index (χ1n) is 3.06. The summed E-state index contributed by atoms with van der Waals surface area (Å²) in [5.41, 5.74) is 7.99. The number of nitrogens with two attached hydrogens (primary N) is 1. The molecule has 0 aromatic heterocycles. The molecule has 0 rings (SSSR count). The van der Waals surface area contributed by atoms with E-state index in [9.17, 15) is 0 Å². The number of allylic oxidation sites excluding steroid dienone is 2. The summed E-state index contributed by atoms with van der Waals surface area (Å²) in [7, 11) is 0. The Bertz CT molecular complexity index is 185. The Morgan fingerprint density at radius 3 is 2.20 bits per heavy atom. The lowest BCUT2D eigenvalue weighted by molar-refractivity contribution is 1.25. The van der Waals surface area contributed by atoms with Crippen molar-refractivity contribution in [2.45, 2.75) is 20.8 Å². The second kappa shape index (κ2) is 3.82. The van der Waals surface area contributed by atoms with Crippen LogP contribution in [0.3, 0.4) is 0 Å². The molecule has 0 radical (unpaired) electrons. The quantitative estimate of drug-likeness (QED) is 0.439. The molecule has 56 valence electrons. The third-order valence-electron chi connectivity index (χ3n) is 1.39. The van der Waals surface area contributed by atoms with Gasteiger partial charge in [0.15, 0.2) is 0 Å². The Hall–Kier alpha value is -1.12. The molecule has 0 aliphatic rings. The number of aliphatic imine (C=N–C) groups is 1. The molecule has 0 bridgehead atoms. The molecule has 3 nitrogen and oxygen atoms in total. The van der Waals surface area contributed by atoms with Gasteiger partial charge in [0.25, 0.3) is 0 Å². The highest BCUT2D eigenvalue weighted by Gasteiger charge is 1.94. The standard InChI is InChI=1S/C7H13N3/c1-5(6(2)9)7(3)10-4-8/h4,8H,9H2,1-3H3. The molecule has 0 fully saturated rings. The largest absolute Gasteiger partial charge is 0.402 e. The number of hydrogen-bond acceptors (Lipinski definition) is 2. The van der Waals surface area contributed by atoms with Gasteiger partial charge in [0, 0.05) is 11.4 Å². The molecule has 0 aromatic rings. The van der Waals surface area contributed by atoms with Gasteiger partial charge in [-0.25, -0.2) is 4.99 Å². The van der Waals surface area contributed by atoms with Gasteiger partial charge in [-0.05, 0) is 26.3 Å². The Labute approximate surface area is 61.2 Å². The van der Waals surface area contributed by atoms with Crippen LogP contribution in [0.25, 0.3) is 0 Å². The third-order valence-corrected chi connectivity index (χ3v) is 1.39. The fourth-order valence-electron chi connectivity index (χ4n) is 0.479. The van der Waals surface area contributed by atoms with E-state index in [-0.39, 0.29) is 0 Å². The zero-order chi connectivity index (χ0) is 8.15. The minimum Gasteiger partial charge on any atom is -0.402 e. The molecule has 3 N–H and O–H groups in total. The maximum Gasteiger partial charge on any atom is 0.107 e. The van der Waals surface area contributed by atoms with E-state index in [2.05, 4.69) is 4.99 Å². The van der Waals surface area contributed by atoms with Gasteiger partial charge >= 0.3 is 0 Å². The van der Waals surface area contributed by atoms with E-state index < -0.39 is 0 Å². The van der Waals surface area contributed by atoms with E-state index in [0.29, 0.717) is 0 Å². The fourth-order valence-corrected chi connectivity index (χ4v) is 0.479. The zero-order valence-corrected chi connectivity index (χ0v) is 6.60. The Morgan fingerprint density at radius 2 is 1.90 bits per heavy atom. The highest BCUT2D eigenvalue weighted by atomic mass is 14.8. The monoisotopic (exact) mass is 139 g/mol. The summed E-state index contributed by atoms with van der Waals surface area (Å²) in [5, 5.41) is 6.69. The normalized spacial score (nSPS) is 14.5. The van der Waals surface area contributed by atoms with Gasteiger partial charge in [-0.15, -0.1) is 0 Å². The first-order valence-corrected chi connectivity index (χ1v) is 3.06. The van der Waals surface area contributed by atoms with Crippen molar-refractivity contribution in [2.75, 3.05) is 0 Å². The topological polar surface area (TPSA) is 62.2 Å². The molecule has 0 atom stereocenters. The van der Waals surface area contributed by atoms with Crippen LogP contribution >= 0.6 is 0 Å². The molecule has 10 heavy (non-hydrogen) atoms. The molecule has 0 heterocycles. The Kier molecular flexibility index (Phi) is 3.39. The molecular weight excluding hydrogens is 126 g/mol. The van der Waals surface area contributed by atoms with Gasteiger partial charge in [-0.1, -0.05) is 0 Å². The summed E-state index contributed by atoms with van der Waals surface area (Å²) in [6.45, 7) is 5.53. The van der Waals surface area contributed by atoms with Crippen molar-refractivity contribution in [2.24, 2.45) is 10.7 Å². The summed E-state index contributed by atoms with van der Waals surface area (Å²) in [6, 6.07) is 0. The summed E-state index contributed by atoms with van der Waals surface area (Å²) in [5.74, 6) is 0. The summed E-state index contributed by atoms with van der Waals surface area (Å²) < 4.78 is 0. The van der Waals surface area contributed by atoms with Crippen LogP contribution in [0, 0.1) is 5.41 Å². The molecule has 0 aliphatic heterocycles. The van der Waals surface area contributed by atoms with Gasteiger partial charge in [0.1, 0.15) is 6.34 Å². The second-order valence-electron chi connectivity index (χ2n) is 2.15. The zero-order valence-electron chi connectivity index (χ0n) is 6.60. The highest BCUT2D eigenvalue weighted by Crippen LogP contribution is 1.98. The molecule has 3 heteroatoms. The first kappa shape index (κ1) is 8.88. The molecule has 0 unspecified atom stereocenters. The van der Waals surface area contributed by atoms with E-state index in [0.717, 1.165) is 23.3 Å². The van der Waals surface area contributed by atoms with Crippen molar-refractivity contribution < 1.29 is 0 Å². The maximum atomic E-state index is 6.69. The third kappa shape index (κ3) is 2.44. The van der Waals surface area contributed by atoms with Gasteiger partial charge < -0.3 is 5.73 Å². The SMILES string of the molecule is CC(=NC=N)C(C)=C(C)N. The van der Waals surface area contributed by atoms with Crippen LogP contribution in [-0.2, 0) is 0 Å². The van der Waals surface area contributed by atoms with Crippen LogP contribution in [0.4, 0.5) is 0 Å². The maximum absolute atomic E-state index is 6.69. The predicted octanol–water partition coefficient (Wildman–Crippen LogP) is 1.31. The summed E-state index contributed by atoms with van der Waals surface area (Å²) in [6.07, 6.45) is 1.02. The van der Waals surface area contributed by atoms with E-state index in [1.54, 1.807) is 0 Å². The van der Waals surface area contributed by atoms with Crippen molar-refractivity contribution in [3.63, 3.8) is 0 Å². The lowest BCUT2D eigenvalue weighted by Crippen LogP contribution is -2.03. The summed E-state index contributed by atoms with van der Waals surface area (Å²) in [4.78, 5) is 3.77. The lowest BCUT2D eigenvalue weighted by Gasteiger charge is -1.99. The minimum absolute atomic E-state index is 0.753. The molecule has 0 aliphatic carbocycles. The van der Waals surface area contributed by atoms with Crippen molar-refractivity contribution >= 4 is 12.1 Å². The lowest BCUT2D eigenvalue weighted by atomic mass is 10.2. The van der Waals surface area contributed by atoms with E-state index >= 15 is 0 Å². The molecule has 0 amide bonds. The van der Waals surface area contributed by atoms with Gasteiger partial charge in [-0.3, -0.25) is 5.41 Å². The molecule has 0 saturated carbocycles. The minimum atomic E-state index is 0.753. The number of hydrogen-bond donors (Lipinski definition) is 2. The first-order chi connectivity index (χ1) is 4.59. The van der Waals surface area contributed by atoms with Crippen LogP contribution in [0.1, 0.15) is 20.8 Å². The van der Waals surface area contributed by atoms with Crippen molar-refractivity contribution in [1.82, 2.24) is 0 Å². The van der Waals surface area contributed by atoms with E-state index in [1.165, 1.54) is 0 Å². The van der Waals surface area contributed by atoms with E-state index in [4.69, 9.17) is 11.1 Å². The number of nitrogens with one attached hydrogen (secondary N) is 1. The molecule has 0 spiro atoms. The van der Waals surface area contributed by atoms with Crippen LogP contribution < -0.4 is 5.73 Å². The molecule has 0 aromatic carbocycles. The second-order valence-corrected chi connectivity index (χ2v) is 2.15. The van der Waals surface area contributed by atoms with Gasteiger partial charge in [0.05, 0.1) is 0 Å².